The van der Waals surface area contributed by atoms with Crippen molar-refractivity contribution >= 4 is 16.9 Å². The second-order valence-corrected chi connectivity index (χ2v) is 5.17. The van der Waals surface area contributed by atoms with Crippen LogP contribution in [0.25, 0.3) is 11.0 Å². The van der Waals surface area contributed by atoms with Crippen LogP contribution in [0.2, 0.25) is 0 Å². The first-order valence-corrected chi connectivity index (χ1v) is 6.90. The molecule has 1 fully saturated rings. The van der Waals surface area contributed by atoms with Crippen molar-refractivity contribution in [3.63, 3.8) is 0 Å². The van der Waals surface area contributed by atoms with Crippen molar-refractivity contribution < 1.29 is 4.42 Å². The predicted molar refractivity (Wildman–Crippen MR) is 75.2 cm³/mol. The maximum absolute atomic E-state index is 11.1. The third-order valence-corrected chi connectivity index (χ3v) is 3.86. The van der Waals surface area contributed by atoms with Gasteiger partial charge in [0, 0.05) is 19.3 Å². The van der Waals surface area contributed by atoms with E-state index in [2.05, 4.69) is 30.0 Å². The van der Waals surface area contributed by atoms with Crippen LogP contribution in [0.5, 0.6) is 0 Å². The Morgan fingerprint density at radius 2 is 2.33 bits per heavy atom. The number of nitrogens with zero attached hydrogens (tertiary/aromatic N) is 4. The van der Waals surface area contributed by atoms with Gasteiger partial charge in [-0.05, 0) is 18.9 Å². The van der Waals surface area contributed by atoms with Crippen molar-refractivity contribution in [1.29, 1.82) is 0 Å². The summed E-state index contributed by atoms with van der Waals surface area (Å²) >= 11 is 0. The average Bonchev–Trinajstić information content (AvgIpc) is 3.15. The molecule has 21 heavy (non-hydrogen) atoms. The maximum Gasteiger partial charge on any atom is 0.434 e. The molecule has 3 aromatic rings. The summed E-state index contributed by atoms with van der Waals surface area (Å²) in [7, 11) is 0. The standard InChI is InChI=1S/C13H14N6O2/c20-13-18-17-12(21-13)8-2-1-5-19(6-8)11-9-3-4-14-10(9)15-7-16-11/h3-4,7-8H,1-2,5-6H2,(H,18,20)(H,14,15,16)/t8-/m0/s1. The van der Waals surface area contributed by atoms with Gasteiger partial charge >= 0.3 is 5.76 Å². The zero-order valence-electron chi connectivity index (χ0n) is 11.2. The highest BCUT2D eigenvalue weighted by atomic mass is 16.4. The van der Waals surface area contributed by atoms with Crippen molar-refractivity contribution in [2.24, 2.45) is 0 Å². The quantitative estimate of drug-likeness (QED) is 0.729. The number of piperidine rings is 1. The van der Waals surface area contributed by atoms with Crippen LogP contribution in [0.1, 0.15) is 24.7 Å². The summed E-state index contributed by atoms with van der Waals surface area (Å²) in [5, 5.41) is 7.28. The van der Waals surface area contributed by atoms with E-state index in [-0.39, 0.29) is 5.92 Å². The van der Waals surface area contributed by atoms with Gasteiger partial charge in [-0.25, -0.2) is 19.9 Å². The highest BCUT2D eigenvalue weighted by molar-refractivity contribution is 5.87. The van der Waals surface area contributed by atoms with E-state index in [1.165, 1.54) is 0 Å². The lowest BCUT2D eigenvalue weighted by Gasteiger charge is -2.32. The van der Waals surface area contributed by atoms with E-state index >= 15 is 0 Å². The zero-order valence-corrected chi connectivity index (χ0v) is 11.2. The molecule has 0 spiro atoms. The van der Waals surface area contributed by atoms with Gasteiger partial charge in [0.15, 0.2) is 0 Å². The Kier molecular flexibility index (Phi) is 2.73. The molecule has 8 heteroatoms. The smallest absolute Gasteiger partial charge is 0.392 e. The summed E-state index contributed by atoms with van der Waals surface area (Å²) < 4.78 is 5.09. The van der Waals surface area contributed by atoms with Gasteiger partial charge in [0.2, 0.25) is 5.89 Å². The van der Waals surface area contributed by atoms with Gasteiger partial charge < -0.3 is 14.3 Å². The Morgan fingerprint density at radius 3 is 3.19 bits per heavy atom. The van der Waals surface area contributed by atoms with Gasteiger partial charge in [-0.15, -0.1) is 5.10 Å². The van der Waals surface area contributed by atoms with E-state index < -0.39 is 5.76 Å². The minimum atomic E-state index is -0.503. The van der Waals surface area contributed by atoms with Gasteiger partial charge in [-0.1, -0.05) is 0 Å². The van der Waals surface area contributed by atoms with E-state index in [4.69, 9.17) is 4.42 Å². The maximum atomic E-state index is 11.1. The van der Waals surface area contributed by atoms with Crippen LogP contribution in [0.4, 0.5) is 5.82 Å². The fourth-order valence-electron chi connectivity index (χ4n) is 2.90. The van der Waals surface area contributed by atoms with Crippen molar-refractivity contribution in [3.8, 4) is 0 Å². The summed E-state index contributed by atoms with van der Waals surface area (Å²) in [6, 6.07) is 1.98. The molecule has 0 amide bonds. The van der Waals surface area contributed by atoms with Crippen LogP contribution < -0.4 is 10.7 Å². The largest absolute Gasteiger partial charge is 0.434 e. The molecule has 0 bridgehead atoms. The highest BCUT2D eigenvalue weighted by Gasteiger charge is 2.27. The molecule has 8 nitrogen and oxygen atoms in total. The number of hydrogen-bond donors (Lipinski definition) is 2. The summed E-state index contributed by atoms with van der Waals surface area (Å²) in [5.74, 6) is 0.978. The van der Waals surface area contributed by atoms with Crippen molar-refractivity contribution in [2.75, 3.05) is 18.0 Å². The third-order valence-electron chi connectivity index (χ3n) is 3.86. The molecule has 4 heterocycles. The van der Waals surface area contributed by atoms with Crippen LogP contribution >= 0.6 is 0 Å². The lowest BCUT2D eigenvalue weighted by Crippen LogP contribution is -2.35. The number of hydrogen-bond acceptors (Lipinski definition) is 6. The molecule has 1 saturated heterocycles. The molecule has 2 N–H and O–H groups in total. The SMILES string of the molecule is O=c1[nH]nc([C@H]2CCCN(c3ncnc4[nH]ccc34)C2)o1. The Morgan fingerprint density at radius 1 is 1.38 bits per heavy atom. The first kappa shape index (κ1) is 12.1. The van der Waals surface area contributed by atoms with Crippen molar-refractivity contribution in [3.05, 3.63) is 35.0 Å². The van der Waals surface area contributed by atoms with Gasteiger partial charge in [-0.3, -0.25) is 0 Å². The summed E-state index contributed by atoms with van der Waals surface area (Å²) in [6.07, 6.45) is 5.37. The molecule has 3 aromatic heterocycles. The van der Waals surface area contributed by atoms with E-state index in [0.29, 0.717) is 5.89 Å². The minimum Gasteiger partial charge on any atom is -0.392 e. The molecule has 1 atom stereocenters. The molecule has 108 valence electrons. The minimum absolute atomic E-state index is 0.0988. The molecular weight excluding hydrogens is 272 g/mol. The fraction of sp³-hybridized carbons (Fsp3) is 0.385. The number of fused-ring (bicyclic) bond motifs is 1. The Bertz CT molecular complexity index is 819. The lowest BCUT2D eigenvalue weighted by molar-refractivity contribution is 0.384. The number of H-pyrrole nitrogens is 2. The first-order chi connectivity index (χ1) is 10.3. The van der Waals surface area contributed by atoms with E-state index in [9.17, 15) is 4.79 Å². The lowest BCUT2D eigenvalue weighted by atomic mass is 9.98. The monoisotopic (exact) mass is 286 g/mol. The molecule has 4 rings (SSSR count). The van der Waals surface area contributed by atoms with Crippen molar-refractivity contribution in [2.45, 2.75) is 18.8 Å². The molecule has 0 saturated carbocycles. The van der Waals surface area contributed by atoms with E-state index in [1.54, 1.807) is 6.33 Å². The van der Waals surface area contributed by atoms with Crippen LogP contribution in [0.3, 0.4) is 0 Å². The number of anilines is 1. The van der Waals surface area contributed by atoms with Gasteiger partial charge in [0.05, 0.1) is 11.3 Å². The zero-order chi connectivity index (χ0) is 14.2. The van der Waals surface area contributed by atoms with Crippen LogP contribution in [-0.2, 0) is 0 Å². The predicted octanol–water partition coefficient (Wildman–Crippen LogP) is 1.02. The number of aromatic nitrogens is 5. The Hall–Kier alpha value is -2.64. The normalized spacial score (nSPS) is 19.2. The number of aromatic amines is 2. The molecule has 0 unspecified atom stereocenters. The van der Waals surface area contributed by atoms with Crippen molar-refractivity contribution in [1.82, 2.24) is 25.1 Å². The Labute approximate surface area is 119 Å². The summed E-state index contributed by atoms with van der Waals surface area (Å²) in [5.41, 5.74) is 0.827. The van der Waals surface area contributed by atoms with Gasteiger partial charge in [0.1, 0.15) is 17.8 Å². The first-order valence-electron chi connectivity index (χ1n) is 6.90. The topological polar surface area (TPSA) is 104 Å². The molecule has 1 aliphatic heterocycles. The summed E-state index contributed by atoms with van der Waals surface area (Å²) in [4.78, 5) is 25.0. The van der Waals surface area contributed by atoms with Crippen LogP contribution in [0, 0.1) is 0 Å². The highest BCUT2D eigenvalue weighted by Crippen LogP contribution is 2.30. The van der Waals surface area contributed by atoms with Gasteiger partial charge in [0.25, 0.3) is 0 Å². The van der Waals surface area contributed by atoms with Crippen LogP contribution in [0.15, 0.2) is 27.8 Å². The number of nitrogens with one attached hydrogen (secondary N) is 2. The molecule has 0 aliphatic carbocycles. The molecule has 1 aliphatic rings. The Balaban J connectivity index is 1.66. The fourth-order valence-corrected chi connectivity index (χ4v) is 2.90. The van der Waals surface area contributed by atoms with E-state index in [1.807, 2.05) is 12.3 Å². The molecule has 0 aromatic carbocycles. The van der Waals surface area contributed by atoms with Gasteiger partial charge in [-0.2, -0.15) is 0 Å². The van der Waals surface area contributed by atoms with E-state index in [0.717, 1.165) is 42.8 Å². The van der Waals surface area contributed by atoms with Crippen LogP contribution in [-0.4, -0.2) is 38.2 Å². The summed E-state index contributed by atoms with van der Waals surface area (Å²) in [6.45, 7) is 1.65. The molecule has 0 radical (unpaired) electrons. The number of rotatable bonds is 2. The third kappa shape index (κ3) is 2.08. The average molecular weight is 286 g/mol. The second kappa shape index (κ2) is 4.72. The second-order valence-electron chi connectivity index (χ2n) is 5.17. The molecular formula is C13H14N6O2.